The first kappa shape index (κ1) is 54.6. The highest BCUT2D eigenvalue weighted by Gasteiger charge is 2.18. The molecule has 56 heavy (non-hydrogen) atoms. The predicted molar refractivity (Wildman–Crippen MR) is 241 cm³/mol. The summed E-state index contributed by atoms with van der Waals surface area (Å²) in [4.78, 5) is 24.4. The number of rotatable bonds is 46. The highest BCUT2D eigenvalue weighted by molar-refractivity contribution is 5.76. The third kappa shape index (κ3) is 42.2. The molecule has 3 N–H and O–H groups in total. The molecule has 0 aromatic heterocycles. The summed E-state index contributed by atoms with van der Waals surface area (Å²) in [5.41, 5.74) is 0. The standard InChI is InChI=1S/C50H97NO5/c1-3-5-7-9-11-13-15-17-19-20-22-26-30-34-38-42-48(53)47(46-52)51-49(54)43-39-35-31-27-24-25-29-33-37-41-45-56-50(55)44-40-36-32-28-23-21-18-16-14-12-10-8-6-4-2/h38,42,47-48,52-53H,3-37,39-41,43-46H2,1-2H3,(H,51,54)/b42-38+. The molecule has 0 spiro atoms. The molecule has 0 saturated carbocycles. The lowest BCUT2D eigenvalue weighted by Gasteiger charge is -2.20. The van der Waals surface area contributed by atoms with Crippen LogP contribution in [0.1, 0.15) is 271 Å². The minimum absolute atomic E-state index is 0.0186. The smallest absolute Gasteiger partial charge is 0.305 e. The molecule has 332 valence electrons. The minimum atomic E-state index is -0.857. The maximum absolute atomic E-state index is 12.4. The Labute approximate surface area is 349 Å². The van der Waals surface area contributed by atoms with E-state index in [1.807, 2.05) is 6.08 Å². The molecule has 0 saturated heterocycles. The van der Waals surface area contributed by atoms with E-state index in [4.69, 9.17) is 4.74 Å². The van der Waals surface area contributed by atoms with Crippen LogP contribution in [-0.2, 0) is 14.3 Å². The van der Waals surface area contributed by atoms with Gasteiger partial charge in [0.25, 0.3) is 0 Å². The van der Waals surface area contributed by atoms with Crippen molar-refractivity contribution in [1.82, 2.24) is 5.32 Å². The first-order chi connectivity index (χ1) is 27.5. The van der Waals surface area contributed by atoms with Crippen LogP contribution in [-0.4, -0.2) is 47.4 Å². The van der Waals surface area contributed by atoms with Crippen molar-refractivity contribution < 1.29 is 24.5 Å². The van der Waals surface area contributed by atoms with E-state index in [1.54, 1.807) is 6.08 Å². The van der Waals surface area contributed by atoms with Gasteiger partial charge in [-0.25, -0.2) is 0 Å². The van der Waals surface area contributed by atoms with E-state index in [0.717, 1.165) is 57.8 Å². The van der Waals surface area contributed by atoms with Crippen LogP contribution < -0.4 is 5.32 Å². The number of carbonyl (C=O) groups is 2. The van der Waals surface area contributed by atoms with Gasteiger partial charge in [0, 0.05) is 12.8 Å². The number of nitrogens with one attached hydrogen (secondary N) is 1. The fourth-order valence-electron chi connectivity index (χ4n) is 7.69. The van der Waals surface area contributed by atoms with Gasteiger partial charge in [0.2, 0.25) is 5.91 Å². The Bertz CT molecular complexity index is 832. The van der Waals surface area contributed by atoms with Crippen LogP contribution in [0.5, 0.6) is 0 Å². The Hall–Kier alpha value is -1.40. The van der Waals surface area contributed by atoms with E-state index >= 15 is 0 Å². The number of unbranched alkanes of at least 4 members (excludes halogenated alkanes) is 35. The summed E-state index contributed by atoms with van der Waals surface area (Å²) >= 11 is 0. The normalized spacial score (nSPS) is 12.7. The van der Waals surface area contributed by atoms with E-state index in [0.29, 0.717) is 19.4 Å². The number of aliphatic hydroxyl groups is 2. The lowest BCUT2D eigenvalue weighted by Crippen LogP contribution is -2.45. The lowest BCUT2D eigenvalue weighted by atomic mass is 10.0. The Balaban J connectivity index is 3.51. The number of carbonyl (C=O) groups excluding carboxylic acids is 2. The average molecular weight is 792 g/mol. The van der Waals surface area contributed by atoms with Gasteiger partial charge in [0.05, 0.1) is 25.4 Å². The van der Waals surface area contributed by atoms with Crippen molar-refractivity contribution in [2.75, 3.05) is 13.2 Å². The fraction of sp³-hybridized carbons (Fsp3) is 0.920. The van der Waals surface area contributed by atoms with Gasteiger partial charge in [-0.15, -0.1) is 0 Å². The Morgan fingerprint density at radius 1 is 0.482 bits per heavy atom. The van der Waals surface area contributed by atoms with Gasteiger partial charge < -0.3 is 20.3 Å². The zero-order chi connectivity index (χ0) is 40.8. The topological polar surface area (TPSA) is 95.9 Å². The van der Waals surface area contributed by atoms with Crippen LogP contribution >= 0.6 is 0 Å². The molecule has 0 aliphatic carbocycles. The Kier molecular flexibility index (Phi) is 45.1. The highest BCUT2D eigenvalue weighted by Crippen LogP contribution is 2.16. The largest absolute Gasteiger partial charge is 0.466 e. The average Bonchev–Trinajstić information content (AvgIpc) is 3.20. The van der Waals surface area contributed by atoms with Gasteiger partial charge >= 0.3 is 5.97 Å². The van der Waals surface area contributed by atoms with E-state index in [2.05, 4.69) is 19.2 Å². The van der Waals surface area contributed by atoms with Gasteiger partial charge in [-0.05, 0) is 32.1 Å². The third-order valence-electron chi connectivity index (χ3n) is 11.6. The second-order valence-corrected chi connectivity index (χ2v) is 17.2. The monoisotopic (exact) mass is 792 g/mol. The summed E-state index contributed by atoms with van der Waals surface area (Å²) in [6.45, 7) is 4.86. The van der Waals surface area contributed by atoms with E-state index in [-0.39, 0.29) is 18.5 Å². The summed E-state index contributed by atoms with van der Waals surface area (Å²) in [6, 6.07) is -0.642. The summed E-state index contributed by atoms with van der Waals surface area (Å²) in [5.74, 6) is -0.108. The van der Waals surface area contributed by atoms with Crippen LogP contribution in [0.3, 0.4) is 0 Å². The SMILES string of the molecule is CCCCCCCCCCCCCCC/C=C/C(O)C(CO)NC(=O)CCCCCCCCCCCCOC(=O)CCCCCCCCCCCCCCCC. The number of allylic oxidation sites excluding steroid dienone is 1. The van der Waals surface area contributed by atoms with Crippen LogP contribution in [0.25, 0.3) is 0 Å². The molecule has 0 fully saturated rings. The van der Waals surface area contributed by atoms with Crippen LogP contribution in [0.4, 0.5) is 0 Å². The number of hydrogen-bond acceptors (Lipinski definition) is 5. The van der Waals surface area contributed by atoms with Gasteiger partial charge in [-0.3, -0.25) is 9.59 Å². The molecule has 0 aliphatic rings. The third-order valence-corrected chi connectivity index (χ3v) is 11.6. The highest BCUT2D eigenvalue weighted by atomic mass is 16.5. The summed E-state index contributed by atoms with van der Waals surface area (Å²) in [6.07, 6.45) is 52.0. The zero-order valence-corrected chi connectivity index (χ0v) is 37.6. The van der Waals surface area contributed by atoms with Crippen molar-refractivity contribution in [2.24, 2.45) is 0 Å². The van der Waals surface area contributed by atoms with Crippen molar-refractivity contribution in [1.29, 1.82) is 0 Å². The maximum Gasteiger partial charge on any atom is 0.305 e. The number of amides is 1. The second-order valence-electron chi connectivity index (χ2n) is 17.2. The molecular weight excluding hydrogens is 695 g/mol. The quantitative estimate of drug-likeness (QED) is 0.0324. The summed E-state index contributed by atoms with van der Waals surface area (Å²) < 4.78 is 5.45. The van der Waals surface area contributed by atoms with Crippen LogP contribution in [0, 0.1) is 0 Å². The van der Waals surface area contributed by atoms with Gasteiger partial charge in [-0.1, -0.05) is 238 Å². The molecule has 0 aromatic rings. The molecule has 0 aromatic carbocycles. The van der Waals surface area contributed by atoms with Gasteiger partial charge in [-0.2, -0.15) is 0 Å². The molecule has 2 atom stereocenters. The van der Waals surface area contributed by atoms with Crippen LogP contribution in [0.15, 0.2) is 12.2 Å². The molecule has 0 radical (unpaired) electrons. The molecular formula is C50H97NO5. The molecule has 0 heterocycles. The van der Waals surface area contributed by atoms with Crippen molar-refractivity contribution in [3.8, 4) is 0 Å². The molecule has 0 aliphatic heterocycles. The van der Waals surface area contributed by atoms with Crippen molar-refractivity contribution in [3.05, 3.63) is 12.2 Å². The molecule has 0 bridgehead atoms. The lowest BCUT2D eigenvalue weighted by molar-refractivity contribution is -0.143. The number of aliphatic hydroxyl groups excluding tert-OH is 2. The molecule has 2 unspecified atom stereocenters. The van der Waals surface area contributed by atoms with Gasteiger partial charge in [0.15, 0.2) is 0 Å². The first-order valence-corrected chi connectivity index (χ1v) is 25.0. The van der Waals surface area contributed by atoms with Crippen LogP contribution in [0.2, 0.25) is 0 Å². The minimum Gasteiger partial charge on any atom is -0.466 e. The number of hydrogen-bond donors (Lipinski definition) is 3. The number of ether oxygens (including phenoxy) is 1. The molecule has 6 heteroatoms. The van der Waals surface area contributed by atoms with Crippen molar-refractivity contribution in [2.45, 2.75) is 283 Å². The van der Waals surface area contributed by atoms with E-state index < -0.39 is 12.1 Å². The Morgan fingerprint density at radius 3 is 1.21 bits per heavy atom. The molecule has 0 rings (SSSR count). The van der Waals surface area contributed by atoms with E-state index in [1.165, 1.54) is 186 Å². The zero-order valence-electron chi connectivity index (χ0n) is 37.6. The van der Waals surface area contributed by atoms with Crippen molar-refractivity contribution >= 4 is 11.9 Å². The summed E-state index contributed by atoms with van der Waals surface area (Å²) in [7, 11) is 0. The maximum atomic E-state index is 12.4. The Morgan fingerprint density at radius 2 is 0.821 bits per heavy atom. The second kappa shape index (κ2) is 46.3. The molecule has 6 nitrogen and oxygen atoms in total. The van der Waals surface area contributed by atoms with E-state index in [9.17, 15) is 19.8 Å². The predicted octanol–water partition coefficient (Wildman–Crippen LogP) is 14.6. The summed E-state index contributed by atoms with van der Waals surface area (Å²) in [5, 5.41) is 23.0. The fourth-order valence-corrected chi connectivity index (χ4v) is 7.69. The first-order valence-electron chi connectivity index (χ1n) is 25.0. The van der Waals surface area contributed by atoms with Crippen molar-refractivity contribution in [3.63, 3.8) is 0 Å². The van der Waals surface area contributed by atoms with Gasteiger partial charge in [0.1, 0.15) is 0 Å². The molecule has 1 amide bonds. The number of esters is 1.